The predicted molar refractivity (Wildman–Crippen MR) is 98.8 cm³/mol. The molecule has 0 atom stereocenters. The van der Waals surface area contributed by atoms with Crippen molar-refractivity contribution in [2.24, 2.45) is 0 Å². The minimum atomic E-state index is -0.134. The third-order valence-electron chi connectivity index (χ3n) is 3.55. The molecule has 3 aromatic rings. The van der Waals surface area contributed by atoms with Crippen molar-refractivity contribution >= 4 is 22.6 Å². The molecule has 0 saturated heterocycles. The highest BCUT2D eigenvalue weighted by molar-refractivity contribution is 14.1. The Balaban J connectivity index is 1.85. The lowest BCUT2D eigenvalue weighted by Crippen LogP contribution is -2.24. The van der Waals surface area contributed by atoms with Gasteiger partial charge in [-0.25, -0.2) is 14.0 Å². The average molecular weight is 420 g/mol. The first-order valence-corrected chi connectivity index (χ1v) is 8.38. The first kappa shape index (κ1) is 15.9. The van der Waals surface area contributed by atoms with Crippen LogP contribution in [0.15, 0.2) is 59.7 Å². The first-order valence-electron chi connectivity index (χ1n) is 7.30. The van der Waals surface area contributed by atoms with E-state index in [0.29, 0.717) is 6.54 Å². The number of rotatable bonds is 5. The van der Waals surface area contributed by atoms with Crippen LogP contribution in [0.4, 0.5) is 0 Å². The maximum Gasteiger partial charge on any atom is 0.350 e. The summed E-state index contributed by atoms with van der Waals surface area (Å²) in [6.07, 6.45) is 1.57. The summed E-state index contributed by atoms with van der Waals surface area (Å²) in [4.78, 5) is 12.5. The van der Waals surface area contributed by atoms with Crippen LogP contribution in [0.3, 0.4) is 0 Å². The molecule has 23 heavy (non-hydrogen) atoms. The number of hydrogen-bond acceptors (Lipinski definition) is 3. The molecule has 0 unspecified atom stereocenters. The number of nitrogens with one attached hydrogen (secondary N) is 1. The van der Waals surface area contributed by atoms with E-state index in [4.69, 9.17) is 0 Å². The second-order valence-electron chi connectivity index (χ2n) is 5.27. The van der Waals surface area contributed by atoms with E-state index in [0.717, 1.165) is 21.4 Å². The summed E-state index contributed by atoms with van der Waals surface area (Å²) in [7, 11) is 1.91. The van der Waals surface area contributed by atoms with Gasteiger partial charge in [0.15, 0.2) is 0 Å². The fourth-order valence-electron chi connectivity index (χ4n) is 2.41. The summed E-state index contributed by atoms with van der Waals surface area (Å²) in [5.74, 6) is 0. The SMILES string of the molecule is CNCc1ccc(-n2cnn(Cc3cccc(I)c3)c2=O)cc1. The Kier molecular flexibility index (Phi) is 4.92. The van der Waals surface area contributed by atoms with Gasteiger partial charge in [-0.15, -0.1) is 0 Å². The third-order valence-corrected chi connectivity index (χ3v) is 4.22. The van der Waals surface area contributed by atoms with Crippen molar-refractivity contribution < 1.29 is 0 Å². The quantitative estimate of drug-likeness (QED) is 0.646. The minimum absolute atomic E-state index is 0.134. The van der Waals surface area contributed by atoms with Crippen molar-refractivity contribution in [1.29, 1.82) is 0 Å². The highest BCUT2D eigenvalue weighted by atomic mass is 127. The molecular formula is C17H17IN4O. The van der Waals surface area contributed by atoms with E-state index in [9.17, 15) is 4.79 Å². The first-order chi connectivity index (χ1) is 11.2. The third kappa shape index (κ3) is 3.70. The number of aromatic nitrogens is 3. The fraction of sp³-hybridized carbons (Fsp3) is 0.176. The van der Waals surface area contributed by atoms with Gasteiger partial charge in [0.25, 0.3) is 0 Å². The number of nitrogens with zero attached hydrogens (tertiary/aromatic N) is 3. The monoisotopic (exact) mass is 420 g/mol. The maximum atomic E-state index is 12.5. The molecule has 3 rings (SSSR count). The Morgan fingerprint density at radius 3 is 2.61 bits per heavy atom. The molecule has 0 aliphatic rings. The lowest BCUT2D eigenvalue weighted by molar-refractivity contribution is 0.653. The van der Waals surface area contributed by atoms with Crippen molar-refractivity contribution in [1.82, 2.24) is 19.7 Å². The molecule has 5 nitrogen and oxygen atoms in total. The largest absolute Gasteiger partial charge is 0.350 e. The van der Waals surface area contributed by atoms with Gasteiger partial charge in [0.05, 0.1) is 12.2 Å². The second-order valence-corrected chi connectivity index (χ2v) is 6.51. The number of benzene rings is 2. The van der Waals surface area contributed by atoms with Gasteiger partial charge in [-0.05, 0) is 65.0 Å². The van der Waals surface area contributed by atoms with Gasteiger partial charge in [-0.2, -0.15) is 5.10 Å². The number of halogens is 1. The molecule has 118 valence electrons. The summed E-state index contributed by atoms with van der Waals surface area (Å²) >= 11 is 2.26. The van der Waals surface area contributed by atoms with Crippen LogP contribution in [0, 0.1) is 3.57 Å². The average Bonchev–Trinajstić information content (AvgIpc) is 2.90. The molecule has 0 radical (unpaired) electrons. The molecule has 1 heterocycles. The standard InChI is InChI=1S/C17H17IN4O/c1-19-10-13-5-7-16(8-6-13)21-12-20-22(17(21)23)11-14-3-2-4-15(18)9-14/h2-9,12,19H,10-11H2,1H3. The maximum absolute atomic E-state index is 12.5. The molecule has 2 aromatic carbocycles. The summed E-state index contributed by atoms with van der Waals surface area (Å²) in [5, 5.41) is 7.33. The summed E-state index contributed by atoms with van der Waals surface area (Å²) in [5.41, 5.74) is 2.93. The Morgan fingerprint density at radius 2 is 1.91 bits per heavy atom. The molecule has 0 aliphatic heterocycles. The Morgan fingerprint density at radius 1 is 1.13 bits per heavy atom. The van der Waals surface area contributed by atoms with Crippen molar-refractivity contribution in [2.75, 3.05) is 7.05 Å². The van der Waals surface area contributed by atoms with Crippen LogP contribution in [-0.4, -0.2) is 21.4 Å². The molecule has 1 aromatic heterocycles. The zero-order valence-corrected chi connectivity index (χ0v) is 14.9. The van der Waals surface area contributed by atoms with E-state index in [2.05, 4.69) is 39.1 Å². The molecule has 1 N–H and O–H groups in total. The molecule has 0 saturated carbocycles. The molecule has 0 fully saturated rings. The molecule has 0 bridgehead atoms. The van der Waals surface area contributed by atoms with E-state index in [1.54, 1.807) is 10.9 Å². The van der Waals surface area contributed by atoms with Gasteiger partial charge in [0.2, 0.25) is 0 Å². The van der Waals surface area contributed by atoms with E-state index in [1.807, 2.05) is 49.5 Å². The summed E-state index contributed by atoms with van der Waals surface area (Å²) in [6.45, 7) is 1.28. The molecule has 0 aliphatic carbocycles. The van der Waals surface area contributed by atoms with Crippen molar-refractivity contribution in [3.05, 3.63) is 80.0 Å². The summed E-state index contributed by atoms with van der Waals surface area (Å²) < 4.78 is 4.19. The van der Waals surface area contributed by atoms with Gasteiger partial charge in [-0.3, -0.25) is 0 Å². The summed E-state index contributed by atoms with van der Waals surface area (Å²) in [6, 6.07) is 16.0. The van der Waals surface area contributed by atoms with Gasteiger partial charge >= 0.3 is 5.69 Å². The van der Waals surface area contributed by atoms with E-state index in [-0.39, 0.29) is 5.69 Å². The smallest absolute Gasteiger partial charge is 0.316 e. The zero-order chi connectivity index (χ0) is 16.2. The Bertz CT molecular complexity index is 852. The topological polar surface area (TPSA) is 51.9 Å². The fourth-order valence-corrected chi connectivity index (χ4v) is 3.02. The highest BCUT2D eigenvalue weighted by Crippen LogP contribution is 2.10. The van der Waals surface area contributed by atoms with Gasteiger partial charge in [0, 0.05) is 10.1 Å². The molecule has 6 heteroatoms. The van der Waals surface area contributed by atoms with Gasteiger partial charge < -0.3 is 5.32 Å². The lowest BCUT2D eigenvalue weighted by Gasteiger charge is -2.04. The van der Waals surface area contributed by atoms with Crippen LogP contribution in [0.1, 0.15) is 11.1 Å². The second kappa shape index (κ2) is 7.10. The van der Waals surface area contributed by atoms with Crippen LogP contribution >= 0.6 is 22.6 Å². The van der Waals surface area contributed by atoms with Crippen molar-refractivity contribution in [3.63, 3.8) is 0 Å². The number of hydrogen-bond donors (Lipinski definition) is 1. The van der Waals surface area contributed by atoms with Crippen LogP contribution in [0.2, 0.25) is 0 Å². The Hall–Kier alpha value is -1.93. The molecule has 0 spiro atoms. The predicted octanol–water partition coefficient (Wildman–Crippen LogP) is 2.41. The van der Waals surface area contributed by atoms with Crippen molar-refractivity contribution in [3.8, 4) is 5.69 Å². The van der Waals surface area contributed by atoms with Crippen LogP contribution < -0.4 is 11.0 Å². The van der Waals surface area contributed by atoms with Crippen molar-refractivity contribution in [2.45, 2.75) is 13.1 Å². The zero-order valence-electron chi connectivity index (χ0n) is 12.7. The van der Waals surface area contributed by atoms with E-state index >= 15 is 0 Å². The minimum Gasteiger partial charge on any atom is -0.316 e. The van der Waals surface area contributed by atoms with Gasteiger partial charge in [0.1, 0.15) is 6.33 Å². The van der Waals surface area contributed by atoms with Crippen LogP contribution in [0.5, 0.6) is 0 Å². The van der Waals surface area contributed by atoms with E-state index < -0.39 is 0 Å². The van der Waals surface area contributed by atoms with Crippen LogP contribution in [-0.2, 0) is 13.1 Å². The normalized spacial score (nSPS) is 10.9. The lowest BCUT2D eigenvalue weighted by atomic mass is 10.2. The molecule has 0 amide bonds. The van der Waals surface area contributed by atoms with E-state index in [1.165, 1.54) is 10.2 Å². The Labute approximate surface area is 148 Å². The molecular weight excluding hydrogens is 403 g/mol. The van der Waals surface area contributed by atoms with Gasteiger partial charge in [-0.1, -0.05) is 24.3 Å². The van der Waals surface area contributed by atoms with Crippen LogP contribution in [0.25, 0.3) is 5.69 Å². The highest BCUT2D eigenvalue weighted by Gasteiger charge is 2.07.